The highest BCUT2D eigenvalue weighted by Crippen LogP contribution is 2.41. The van der Waals surface area contributed by atoms with Crippen molar-refractivity contribution < 1.29 is 9.90 Å². The minimum atomic E-state index is -0.847. The smallest absolute Gasteiger partial charge is 0.331 e. The Labute approximate surface area is 89.2 Å². The van der Waals surface area contributed by atoms with E-state index in [2.05, 4.69) is 6.07 Å². The average molecular weight is 202 g/mol. The van der Waals surface area contributed by atoms with Crippen LogP contribution in [-0.4, -0.2) is 11.1 Å². The Morgan fingerprint density at radius 1 is 1.40 bits per heavy atom. The van der Waals surface area contributed by atoms with Crippen molar-refractivity contribution >= 4 is 12.0 Å². The van der Waals surface area contributed by atoms with Crippen molar-refractivity contribution in [2.75, 3.05) is 0 Å². The summed E-state index contributed by atoms with van der Waals surface area (Å²) >= 11 is 0. The first-order chi connectivity index (χ1) is 7.18. The van der Waals surface area contributed by atoms with Gasteiger partial charge in [-0.2, -0.15) is 0 Å². The Bertz CT molecular complexity index is 414. The molecule has 78 valence electrons. The molecule has 0 spiro atoms. The lowest BCUT2D eigenvalue weighted by Gasteiger charge is -2.04. The van der Waals surface area contributed by atoms with Crippen molar-refractivity contribution in [1.82, 2.24) is 0 Å². The molecule has 1 fully saturated rings. The Morgan fingerprint density at radius 3 is 2.67 bits per heavy atom. The summed E-state index contributed by atoms with van der Waals surface area (Å²) in [6.07, 6.45) is 4.23. The van der Waals surface area contributed by atoms with Crippen LogP contribution in [0, 0.1) is 0 Å². The molecule has 0 bridgehead atoms. The van der Waals surface area contributed by atoms with Crippen LogP contribution in [-0.2, 0) is 4.79 Å². The molecule has 15 heavy (non-hydrogen) atoms. The molecule has 0 atom stereocenters. The van der Waals surface area contributed by atoms with Gasteiger partial charge in [0.05, 0.1) is 0 Å². The minimum Gasteiger partial charge on any atom is -0.478 e. The molecule has 1 saturated carbocycles. The van der Waals surface area contributed by atoms with Crippen LogP contribution in [0.5, 0.6) is 0 Å². The van der Waals surface area contributed by atoms with E-state index in [0.717, 1.165) is 5.56 Å². The molecule has 0 unspecified atom stereocenters. The van der Waals surface area contributed by atoms with Crippen LogP contribution >= 0.6 is 0 Å². The number of benzene rings is 1. The third-order valence-corrected chi connectivity index (χ3v) is 2.72. The van der Waals surface area contributed by atoms with E-state index in [4.69, 9.17) is 5.11 Å². The van der Waals surface area contributed by atoms with Crippen molar-refractivity contribution in [3.8, 4) is 0 Å². The van der Waals surface area contributed by atoms with Gasteiger partial charge in [-0.3, -0.25) is 0 Å². The van der Waals surface area contributed by atoms with Crippen molar-refractivity contribution in [3.63, 3.8) is 0 Å². The molecule has 0 saturated heterocycles. The first-order valence-electron chi connectivity index (χ1n) is 5.19. The predicted molar refractivity (Wildman–Crippen MR) is 59.7 cm³/mol. The normalized spacial score (nSPS) is 16.5. The molecule has 2 rings (SSSR count). The van der Waals surface area contributed by atoms with Gasteiger partial charge < -0.3 is 5.11 Å². The van der Waals surface area contributed by atoms with Crippen LogP contribution in [0.15, 0.2) is 29.8 Å². The van der Waals surface area contributed by atoms with E-state index in [9.17, 15) is 4.79 Å². The molecular weight excluding hydrogens is 188 g/mol. The van der Waals surface area contributed by atoms with Crippen LogP contribution in [0.2, 0.25) is 0 Å². The van der Waals surface area contributed by atoms with E-state index in [1.54, 1.807) is 13.0 Å². The SMILES string of the molecule is CC(=Cc1ccccc1C1CC1)C(=O)O. The zero-order valence-electron chi connectivity index (χ0n) is 8.73. The fourth-order valence-electron chi connectivity index (χ4n) is 1.70. The minimum absolute atomic E-state index is 0.392. The number of aliphatic carboxylic acids is 1. The summed E-state index contributed by atoms with van der Waals surface area (Å²) < 4.78 is 0. The van der Waals surface area contributed by atoms with Gasteiger partial charge in [-0.15, -0.1) is 0 Å². The molecule has 0 heterocycles. The zero-order valence-corrected chi connectivity index (χ0v) is 8.73. The second-order valence-electron chi connectivity index (χ2n) is 4.04. The van der Waals surface area contributed by atoms with Gasteiger partial charge >= 0.3 is 5.97 Å². The summed E-state index contributed by atoms with van der Waals surface area (Å²) in [4.78, 5) is 10.7. The van der Waals surface area contributed by atoms with E-state index in [0.29, 0.717) is 11.5 Å². The highest BCUT2D eigenvalue weighted by Gasteiger charge is 2.25. The Hall–Kier alpha value is -1.57. The molecule has 0 amide bonds. The third-order valence-electron chi connectivity index (χ3n) is 2.72. The Balaban J connectivity index is 2.35. The number of carbonyl (C=O) groups is 1. The number of hydrogen-bond acceptors (Lipinski definition) is 1. The van der Waals surface area contributed by atoms with Crippen LogP contribution in [0.3, 0.4) is 0 Å². The van der Waals surface area contributed by atoms with Gasteiger partial charge in [0.25, 0.3) is 0 Å². The number of rotatable bonds is 3. The molecule has 1 aromatic carbocycles. The standard InChI is InChI=1S/C13H14O2/c1-9(13(14)15)8-11-4-2-3-5-12(11)10-6-7-10/h2-5,8,10H,6-7H2,1H3,(H,14,15). The molecule has 0 aliphatic heterocycles. The number of carboxylic acid groups (broad SMARTS) is 1. The Kier molecular flexibility index (Phi) is 2.58. The van der Waals surface area contributed by atoms with Gasteiger partial charge in [0.2, 0.25) is 0 Å². The molecule has 1 aliphatic carbocycles. The molecule has 1 N–H and O–H groups in total. The molecule has 1 aliphatic rings. The van der Waals surface area contributed by atoms with Crippen molar-refractivity contribution in [2.45, 2.75) is 25.7 Å². The lowest BCUT2D eigenvalue weighted by atomic mass is 10.0. The van der Waals surface area contributed by atoms with Crippen LogP contribution in [0.25, 0.3) is 6.08 Å². The maximum Gasteiger partial charge on any atom is 0.331 e. The van der Waals surface area contributed by atoms with Crippen LogP contribution in [0.4, 0.5) is 0 Å². The fraction of sp³-hybridized carbons (Fsp3) is 0.308. The van der Waals surface area contributed by atoms with E-state index in [1.807, 2.05) is 18.2 Å². The fourth-order valence-corrected chi connectivity index (χ4v) is 1.70. The summed E-state index contributed by atoms with van der Waals surface area (Å²) in [6.45, 7) is 1.63. The summed E-state index contributed by atoms with van der Waals surface area (Å²) in [5, 5.41) is 8.82. The van der Waals surface area contributed by atoms with Crippen molar-refractivity contribution in [2.24, 2.45) is 0 Å². The Morgan fingerprint density at radius 2 is 2.07 bits per heavy atom. The first kappa shape index (κ1) is 9.97. The van der Waals surface area contributed by atoms with Gasteiger partial charge in [0.15, 0.2) is 0 Å². The molecule has 2 nitrogen and oxygen atoms in total. The topological polar surface area (TPSA) is 37.3 Å². The third kappa shape index (κ3) is 2.27. The molecule has 0 radical (unpaired) electrons. The number of carboxylic acids is 1. The number of hydrogen-bond donors (Lipinski definition) is 1. The molecule has 0 aromatic heterocycles. The van der Waals surface area contributed by atoms with Gasteiger partial charge in [0, 0.05) is 5.57 Å². The van der Waals surface area contributed by atoms with E-state index < -0.39 is 5.97 Å². The van der Waals surface area contributed by atoms with Gasteiger partial charge in [-0.1, -0.05) is 24.3 Å². The van der Waals surface area contributed by atoms with Gasteiger partial charge in [0.1, 0.15) is 0 Å². The van der Waals surface area contributed by atoms with Gasteiger partial charge in [-0.05, 0) is 42.9 Å². The molecular formula is C13H14O2. The lowest BCUT2D eigenvalue weighted by molar-refractivity contribution is -0.132. The van der Waals surface area contributed by atoms with E-state index >= 15 is 0 Å². The maximum absolute atomic E-state index is 10.7. The predicted octanol–water partition coefficient (Wildman–Crippen LogP) is 3.05. The summed E-state index contributed by atoms with van der Waals surface area (Å²) in [5.74, 6) is -0.195. The van der Waals surface area contributed by atoms with Crippen LogP contribution in [0.1, 0.15) is 36.8 Å². The maximum atomic E-state index is 10.7. The molecule has 2 heteroatoms. The first-order valence-corrected chi connectivity index (χ1v) is 5.19. The van der Waals surface area contributed by atoms with E-state index in [1.165, 1.54) is 18.4 Å². The zero-order chi connectivity index (χ0) is 10.8. The summed E-state index contributed by atoms with van der Waals surface area (Å²) in [5.41, 5.74) is 2.74. The summed E-state index contributed by atoms with van der Waals surface area (Å²) in [7, 11) is 0. The summed E-state index contributed by atoms with van der Waals surface area (Å²) in [6, 6.07) is 8.05. The van der Waals surface area contributed by atoms with Crippen molar-refractivity contribution in [3.05, 3.63) is 41.0 Å². The second-order valence-corrected chi connectivity index (χ2v) is 4.04. The van der Waals surface area contributed by atoms with Crippen molar-refractivity contribution in [1.29, 1.82) is 0 Å². The average Bonchev–Trinajstić information content (AvgIpc) is 3.02. The van der Waals surface area contributed by atoms with E-state index in [-0.39, 0.29) is 0 Å². The molecule has 1 aromatic rings. The highest BCUT2D eigenvalue weighted by atomic mass is 16.4. The van der Waals surface area contributed by atoms with Crippen LogP contribution < -0.4 is 0 Å². The highest BCUT2D eigenvalue weighted by molar-refractivity contribution is 5.91. The largest absolute Gasteiger partial charge is 0.478 e. The quantitative estimate of drug-likeness (QED) is 0.765. The monoisotopic (exact) mass is 202 g/mol. The lowest BCUT2D eigenvalue weighted by Crippen LogP contribution is -1.96. The second kappa shape index (κ2) is 3.89. The van der Waals surface area contributed by atoms with Gasteiger partial charge in [-0.25, -0.2) is 4.79 Å².